The molecule has 2 aromatic carbocycles. The summed E-state index contributed by atoms with van der Waals surface area (Å²) in [6, 6.07) is 12.3. The number of hydrogen-bond donors (Lipinski definition) is 1. The molecule has 1 unspecified atom stereocenters. The summed E-state index contributed by atoms with van der Waals surface area (Å²) in [7, 11) is -3.40. The second-order valence-electron chi connectivity index (χ2n) is 5.69. The van der Waals surface area contributed by atoms with Crippen molar-refractivity contribution in [3.8, 4) is 5.75 Å². The van der Waals surface area contributed by atoms with Gasteiger partial charge in [-0.1, -0.05) is 11.6 Å². The Morgan fingerprint density at radius 3 is 2.22 bits per heavy atom. The molecular weight excluding hydrogens is 394 g/mol. The molecule has 144 valence electrons. The first kappa shape index (κ1) is 20.7. The molecule has 7 nitrogen and oxygen atoms in total. The van der Waals surface area contributed by atoms with Gasteiger partial charge in [-0.3, -0.25) is 9.52 Å². The Hall–Kier alpha value is -2.58. The maximum absolute atomic E-state index is 12.3. The van der Waals surface area contributed by atoms with Crippen molar-refractivity contribution < 1.29 is 27.5 Å². The Morgan fingerprint density at radius 1 is 1.07 bits per heavy atom. The highest BCUT2D eigenvalue weighted by molar-refractivity contribution is 7.92. The van der Waals surface area contributed by atoms with Crippen LogP contribution in [0.25, 0.3) is 0 Å². The molecule has 2 aromatic rings. The van der Waals surface area contributed by atoms with Gasteiger partial charge in [-0.2, -0.15) is 0 Å². The van der Waals surface area contributed by atoms with Gasteiger partial charge >= 0.3 is 5.97 Å². The van der Waals surface area contributed by atoms with E-state index in [1.807, 2.05) is 0 Å². The van der Waals surface area contributed by atoms with Crippen LogP contribution in [0.5, 0.6) is 5.75 Å². The van der Waals surface area contributed by atoms with Crippen molar-refractivity contribution in [3.63, 3.8) is 0 Å². The highest BCUT2D eigenvalue weighted by atomic mass is 35.5. The molecule has 0 saturated heterocycles. The van der Waals surface area contributed by atoms with Gasteiger partial charge in [-0.15, -0.1) is 0 Å². The lowest BCUT2D eigenvalue weighted by Crippen LogP contribution is -2.27. The number of ketones is 1. The largest absolute Gasteiger partial charge is 0.482 e. The SMILES string of the molecule is CC(OC(=O)COc1ccc(Cl)cc1)C(=O)c1ccc(NS(C)(=O)=O)cc1. The lowest BCUT2D eigenvalue weighted by molar-refractivity contribution is -0.148. The number of carbonyl (C=O) groups excluding carboxylic acids is 2. The van der Waals surface area contributed by atoms with E-state index in [0.29, 0.717) is 16.5 Å². The minimum Gasteiger partial charge on any atom is -0.482 e. The molecule has 27 heavy (non-hydrogen) atoms. The van der Waals surface area contributed by atoms with Gasteiger partial charge in [0.2, 0.25) is 15.8 Å². The van der Waals surface area contributed by atoms with Crippen LogP contribution in [0.1, 0.15) is 17.3 Å². The first-order valence-electron chi connectivity index (χ1n) is 7.84. The van der Waals surface area contributed by atoms with Crippen molar-refractivity contribution in [2.24, 2.45) is 0 Å². The maximum Gasteiger partial charge on any atom is 0.344 e. The molecule has 1 N–H and O–H groups in total. The summed E-state index contributed by atoms with van der Waals surface area (Å²) in [5.41, 5.74) is 0.614. The topological polar surface area (TPSA) is 98.8 Å². The summed E-state index contributed by atoms with van der Waals surface area (Å²) in [6.07, 6.45) is 0.0136. The number of rotatable bonds is 8. The normalized spacial score (nSPS) is 12.1. The van der Waals surface area contributed by atoms with E-state index in [2.05, 4.69) is 4.72 Å². The lowest BCUT2D eigenvalue weighted by Gasteiger charge is -2.13. The van der Waals surface area contributed by atoms with Gasteiger partial charge in [0.15, 0.2) is 12.7 Å². The molecule has 0 spiro atoms. The van der Waals surface area contributed by atoms with Crippen LogP contribution in [-0.2, 0) is 19.6 Å². The fourth-order valence-electron chi connectivity index (χ4n) is 2.11. The summed E-state index contributed by atoms with van der Waals surface area (Å²) < 4.78 is 35.0. The number of carbonyl (C=O) groups is 2. The van der Waals surface area contributed by atoms with E-state index in [-0.39, 0.29) is 12.2 Å². The average Bonchev–Trinajstić information content (AvgIpc) is 2.60. The molecule has 9 heteroatoms. The summed E-state index contributed by atoms with van der Waals surface area (Å²) >= 11 is 5.76. The molecule has 0 heterocycles. The van der Waals surface area contributed by atoms with Gasteiger partial charge in [-0.05, 0) is 55.5 Å². The van der Waals surface area contributed by atoms with Crippen molar-refractivity contribution in [1.29, 1.82) is 0 Å². The third kappa shape index (κ3) is 6.92. The molecule has 0 amide bonds. The zero-order valence-electron chi connectivity index (χ0n) is 14.6. The van der Waals surface area contributed by atoms with E-state index in [1.54, 1.807) is 24.3 Å². The first-order chi connectivity index (χ1) is 12.6. The van der Waals surface area contributed by atoms with Crippen molar-refractivity contribution in [3.05, 3.63) is 59.1 Å². The van der Waals surface area contributed by atoms with Gasteiger partial charge in [0.1, 0.15) is 5.75 Å². The number of ether oxygens (including phenoxy) is 2. The summed E-state index contributed by atoms with van der Waals surface area (Å²) in [6.45, 7) is 1.10. The molecule has 0 aromatic heterocycles. The van der Waals surface area contributed by atoms with Gasteiger partial charge in [-0.25, -0.2) is 13.2 Å². The van der Waals surface area contributed by atoms with Gasteiger partial charge in [0, 0.05) is 16.3 Å². The number of Topliss-reactive ketones (excluding diaryl/α,β-unsaturated/α-hetero) is 1. The zero-order valence-corrected chi connectivity index (χ0v) is 16.2. The second-order valence-corrected chi connectivity index (χ2v) is 7.88. The Balaban J connectivity index is 1.88. The maximum atomic E-state index is 12.3. The monoisotopic (exact) mass is 411 g/mol. The lowest BCUT2D eigenvalue weighted by atomic mass is 10.1. The standard InChI is InChI=1S/C18H18ClNO6S/c1-12(26-17(21)11-25-16-9-5-14(19)6-10-16)18(22)13-3-7-15(8-4-13)20-27(2,23)24/h3-10,12,20H,11H2,1-2H3. The van der Waals surface area contributed by atoms with Crippen LogP contribution in [0.4, 0.5) is 5.69 Å². The van der Waals surface area contributed by atoms with Gasteiger partial charge in [0.25, 0.3) is 0 Å². The van der Waals surface area contributed by atoms with Crippen LogP contribution < -0.4 is 9.46 Å². The molecule has 0 bridgehead atoms. The summed E-state index contributed by atoms with van der Waals surface area (Å²) in [5.74, 6) is -0.661. The highest BCUT2D eigenvalue weighted by Gasteiger charge is 2.20. The Bertz CT molecular complexity index is 910. The van der Waals surface area contributed by atoms with E-state index < -0.39 is 27.9 Å². The predicted molar refractivity (Wildman–Crippen MR) is 102 cm³/mol. The van der Waals surface area contributed by atoms with E-state index in [9.17, 15) is 18.0 Å². The molecular formula is C18H18ClNO6S. The number of hydrogen-bond acceptors (Lipinski definition) is 6. The van der Waals surface area contributed by atoms with Crippen LogP contribution in [0, 0.1) is 0 Å². The zero-order chi connectivity index (χ0) is 20.0. The molecule has 0 saturated carbocycles. The first-order valence-corrected chi connectivity index (χ1v) is 10.1. The van der Waals surface area contributed by atoms with E-state index in [0.717, 1.165) is 6.26 Å². The molecule has 1 atom stereocenters. The van der Waals surface area contributed by atoms with Crippen molar-refractivity contribution in [2.45, 2.75) is 13.0 Å². The molecule has 0 fully saturated rings. The number of anilines is 1. The fourth-order valence-corrected chi connectivity index (χ4v) is 2.80. The average molecular weight is 412 g/mol. The molecule has 0 aliphatic carbocycles. The Labute approximate surface area is 162 Å². The van der Waals surface area contributed by atoms with E-state index >= 15 is 0 Å². The van der Waals surface area contributed by atoms with Crippen LogP contribution in [0.3, 0.4) is 0 Å². The van der Waals surface area contributed by atoms with Crippen LogP contribution in [-0.4, -0.2) is 39.1 Å². The van der Waals surface area contributed by atoms with Crippen molar-refractivity contribution in [2.75, 3.05) is 17.6 Å². The highest BCUT2D eigenvalue weighted by Crippen LogP contribution is 2.16. The van der Waals surface area contributed by atoms with Crippen LogP contribution in [0.15, 0.2) is 48.5 Å². The second kappa shape index (κ2) is 8.88. The van der Waals surface area contributed by atoms with E-state index in [1.165, 1.54) is 31.2 Å². The minimum absolute atomic E-state index is 0.285. The molecule has 0 aliphatic heterocycles. The van der Waals surface area contributed by atoms with Crippen LogP contribution in [0.2, 0.25) is 5.02 Å². The quantitative estimate of drug-likeness (QED) is 0.529. The predicted octanol–water partition coefficient (Wildman–Crippen LogP) is 2.90. The number of nitrogens with one attached hydrogen (secondary N) is 1. The number of sulfonamides is 1. The number of esters is 1. The van der Waals surface area contributed by atoms with Gasteiger partial charge < -0.3 is 9.47 Å². The Morgan fingerprint density at radius 2 is 1.67 bits per heavy atom. The van der Waals surface area contributed by atoms with Crippen LogP contribution >= 0.6 is 11.6 Å². The molecule has 2 rings (SSSR count). The van der Waals surface area contributed by atoms with Crippen molar-refractivity contribution >= 4 is 39.1 Å². The number of benzene rings is 2. The van der Waals surface area contributed by atoms with Crippen molar-refractivity contribution in [1.82, 2.24) is 0 Å². The third-order valence-corrected chi connectivity index (χ3v) is 4.18. The molecule has 0 aliphatic rings. The minimum atomic E-state index is -3.40. The Kier molecular flexibility index (Phi) is 6.81. The smallest absolute Gasteiger partial charge is 0.344 e. The van der Waals surface area contributed by atoms with E-state index in [4.69, 9.17) is 21.1 Å². The summed E-state index contributed by atoms with van der Waals surface area (Å²) in [5, 5.41) is 0.543. The summed E-state index contributed by atoms with van der Waals surface area (Å²) in [4.78, 5) is 24.2. The fraction of sp³-hybridized carbons (Fsp3) is 0.222. The van der Waals surface area contributed by atoms with Gasteiger partial charge in [0.05, 0.1) is 6.26 Å². The number of halogens is 1. The third-order valence-electron chi connectivity index (χ3n) is 3.32. The molecule has 0 radical (unpaired) electrons.